The summed E-state index contributed by atoms with van der Waals surface area (Å²) in [6, 6.07) is 11.7. The van der Waals surface area contributed by atoms with E-state index in [9.17, 15) is 9.59 Å². The Balaban J connectivity index is 1.25. The van der Waals surface area contributed by atoms with E-state index < -0.39 is 0 Å². The number of carbonyl (C=O) groups excluding carboxylic acids is 1. The third-order valence-electron chi connectivity index (χ3n) is 7.53. The van der Waals surface area contributed by atoms with E-state index in [1.165, 1.54) is 11.8 Å². The summed E-state index contributed by atoms with van der Waals surface area (Å²) < 4.78 is 1.71. The first-order chi connectivity index (χ1) is 18.5. The molecule has 2 fully saturated rings. The van der Waals surface area contributed by atoms with Crippen LogP contribution < -0.4 is 15.8 Å². The van der Waals surface area contributed by atoms with E-state index >= 15 is 0 Å². The highest BCUT2D eigenvalue weighted by Crippen LogP contribution is 2.22. The predicted octanol–water partition coefficient (Wildman–Crippen LogP) is 2.01. The number of aromatic nitrogens is 3. The van der Waals surface area contributed by atoms with Crippen molar-refractivity contribution < 1.29 is 4.79 Å². The van der Waals surface area contributed by atoms with E-state index in [2.05, 4.69) is 50.6 Å². The van der Waals surface area contributed by atoms with Crippen molar-refractivity contribution in [1.82, 2.24) is 29.2 Å². The largest absolute Gasteiger partial charge is 0.369 e. The van der Waals surface area contributed by atoms with Crippen molar-refractivity contribution in [1.29, 1.82) is 0 Å². The Morgan fingerprint density at radius 1 is 0.947 bits per heavy atom. The molecule has 2 aliphatic rings. The van der Waals surface area contributed by atoms with Crippen LogP contribution in [0.2, 0.25) is 0 Å². The number of fused-ring (bicyclic) bond motifs is 1. The second-order valence-electron chi connectivity index (χ2n) is 9.76. The average Bonchev–Trinajstić information content (AvgIpc) is 2.97. The summed E-state index contributed by atoms with van der Waals surface area (Å²) in [6.07, 6.45) is 3.11. The van der Waals surface area contributed by atoms with Gasteiger partial charge in [0.25, 0.3) is 5.56 Å². The lowest BCUT2D eigenvalue weighted by molar-refractivity contribution is -0.127. The Morgan fingerprint density at radius 3 is 2.34 bits per heavy atom. The zero-order valence-corrected chi connectivity index (χ0v) is 22.1. The molecule has 0 atom stereocenters. The summed E-state index contributed by atoms with van der Waals surface area (Å²) >= 11 is 0. The first kappa shape index (κ1) is 25.9. The van der Waals surface area contributed by atoms with Crippen molar-refractivity contribution in [3.63, 3.8) is 0 Å². The lowest BCUT2D eigenvalue weighted by Crippen LogP contribution is -2.49. The van der Waals surface area contributed by atoms with Crippen molar-refractivity contribution in [2.24, 2.45) is 0 Å². The number of likely N-dealkylation sites (N-methyl/N-ethyl adjacent to an activating group) is 1. The molecule has 2 saturated heterocycles. The van der Waals surface area contributed by atoms with Crippen LogP contribution in [0.1, 0.15) is 6.92 Å². The number of benzene rings is 1. The molecule has 3 aromatic rings. The van der Waals surface area contributed by atoms with Crippen LogP contribution >= 0.6 is 0 Å². The van der Waals surface area contributed by atoms with Gasteiger partial charge in [-0.05, 0) is 43.0 Å². The highest BCUT2D eigenvalue weighted by atomic mass is 16.2. The molecule has 0 bridgehead atoms. The van der Waals surface area contributed by atoms with Gasteiger partial charge in [-0.3, -0.25) is 19.1 Å². The molecule has 10 heteroatoms. The zero-order valence-electron chi connectivity index (χ0n) is 22.1. The predicted molar refractivity (Wildman–Crippen MR) is 151 cm³/mol. The van der Waals surface area contributed by atoms with E-state index in [0.717, 1.165) is 56.9 Å². The number of carbonyl (C=O) groups is 1. The van der Waals surface area contributed by atoms with Crippen LogP contribution in [0.5, 0.6) is 0 Å². The van der Waals surface area contributed by atoms with Gasteiger partial charge in [0, 0.05) is 94.5 Å². The minimum absolute atomic E-state index is 0.0314. The van der Waals surface area contributed by atoms with E-state index in [0.29, 0.717) is 37.8 Å². The van der Waals surface area contributed by atoms with Crippen LogP contribution in [0.4, 0.5) is 17.3 Å². The highest BCUT2D eigenvalue weighted by Gasteiger charge is 2.20. The molecule has 200 valence electrons. The van der Waals surface area contributed by atoms with Gasteiger partial charge in [0.15, 0.2) is 0 Å². The van der Waals surface area contributed by atoms with Crippen LogP contribution in [0.3, 0.4) is 0 Å². The van der Waals surface area contributed by atoms with Gasteiger partial charge >= 0.3 is 0 Å². The monoisotopic (exact) mass is 516 g/mol. The number of anilines is 3. The molecule has 1 amide bonds. The maximum atomic E-state index is 12.8. The van der Waals surface area contributed by atoms with E-state index in [1.54, 1.807) is 27.8 Å². The Hall–Kier alpha value is -3.76. The standard InChI is InChI=1S/C28H36N8O2/c1-3-25(37)35-18-13-33(14-19-35)15-20-36-26(38)10-5-22-21-29-28(31-27(22)36)30-23-6-8-24(9-7-23)34-16-11-32(4-2)12-17-34/h3,5-10,21H,1,4,11-20H2,2H3,(H,29,30,31). The highest BCUT2D eigenvalue weighted by molar-refractivity contribution is 5.87. The lowest BCUT2D eigenvalue weighted by Gasteiger charge is -2.35. The summed E-state index contributed by atoms with van der Waals surface area (Å²) in [6.45, 7) is 15.2. The van der Waals surface area contributed by atoms with E-state index in [1.807, 2.05) is 12.1 Å². The Bertz CT molecular complexity index is 1320. The van der Waals surface area contributed by atoms with E-state index in [-0.39, 0.29) is 11.5 Å². The lowest BCUT2D eigenvalue weighted by atomic mass is 10.2. The number of amides is 1. The average molecular weight is 517 g/mol. The molecule has 1 N–H and O–H groups in total. The van der Waals surface area contributed by atoms with Crippen molar-refractivity contribution >= 4 is 34.3 Å². The summed E-state index contributed by atoms with van der Waals surface area (Å²) in [5.41, 5.74) is 2.64. The van der Waals surface area contributed by atoms with Crippen molar-refractivity contribution in [2.75, 3.05) is 75.7 Å². The fraction of sp³-hybridized carbons (Fsp3) is 0.429. The van der Waals surface area contributed by atoms with Gasteiger partial charge in [-0.25, -0.2) is 4.98 Å². The summed E-state index contributed by atoms with van der Waals surface area (Å²) in [5.74, 6) is 0.425. The van der Waals surface area contributed by atoms with Crippen LogP contribution in [-0.2, 0) is 11.3 Å². The van der Waals surface area contributed by atoms with Gasteiger partial charge in [0.05, 0.1) is 0 Å². The normalized spacial score (nSPS) is 17.1. The first-order valence-corrected chi connectivity index (χ1v) is 13.4. The van der Waals surface area contributed by atoms with Gasteiger partial charge in [0.1, 0.15) is 5.65 Å². The molecular weight excluding hydrogens is 480 g/mol. The first-order valence-electron chi connectivity index (χ1n) is 13.4. The third kappa shape index (κ3) is 5.87. The van der Waals surface area contributed by atoms with Gasteiger partial charge in [-0.15, -0.1) is 0 Å². The van der Waals surface area contributed by atoms with Gasteiger partial charge in [-0.2, -0.15) is 4.98 Å². The summed E-state index contributed by atoms with van der Waals surface area (Å²) in [5, 5.41) is 4.11. The number of hydrogen-bond acceptors (Lipinski definition) is 8. The number of hydrogen-bond donors (Lipinski definition) is 1. The second kappa shape index (κ2) is 11.7. The molecule has 0 spiro atoms. The number of pyridine rings is 1. The molecule has 2 aliphatic heterocycles. The molecule has 10 nitrogen and oxygen atoms in total. The van der Waals surface area contributed by atoms with Crippen LogP contribution in [0.15, 0.2) is 60.0 Å². The minimum Gasteiger partial charge on any atom is -0.369 e. The Kier molecular flexibility index (Phi) is 8.00. The molecule has 0 aliphatic carbocycles. The fourth-order valence-electron chi connectivity index (χ4n) is 5.12. The van der Waals surface area contributed by atoms with Crippen LogP contribution in [0, 0.1) is 0 Å². The zero-order chi connectivity index (χ0) is 26.5. The Labute approximate surface area is 223 Å². The maximum Gasteiger partial charge on any atom is 0.252 e. The molecule has 5 rings (SSSR count). The molecule has 38 heavy (non-hydrogen) atoms. The van der Waals surface area contributed by atoms with Gasteiger partial charge < -0.3 is 20.0 Å². The molecule has 0 saturated carbocycles. The number of rotatable bonds is 8. The van der Waals surface area contributed by atoms with Crippen molar-refractivity contribution in [3.8, 4) is 0 Å². The molecule has 1 aromatic carbocycles. The van der Waals surface area contributed by atoms with Crippen LogP contribution in [-0.4, -0.2) is 101 Å². The molecular formula is C28H36N8O2. The molecule has 0 unspecified atom stereocenters. The molecule has 0 radical (unpaired) electrons. The molecule has 2 aromatic heterocycles. The second-order valence-corrected chi connectivity index (χ2v) is 9.76. The summed E-state index contributed by atoms with van der Waals surface area (Å²) in [7, 11) is 0. The number of nitrogens with one attached hydrogen (secondary N) is 1. The van der Waals surface area contributed by atoms with Crippen LogP contribution in [0.25, 0.3) is 11.0 Å². The van der Waals surface area contributed by atoms with Crippen molar-refractivity contribution in [3.05, 3.63) is 65.6 Å². The smallest absolute Gasteiger partial charge is 0.252 e. The number of piperazine rings is 2. The maximum absolute atomic E-state index is 12.8. The van der Waals surface area contributed by atoms with Gasteiger partial charge in [0.2, 0.25) is 11.9 Å². The number of nitrogens with zero attached hydrogens (tertiary/aromatic N) is 7. The van der Waals surface area contributed by atoms with Crippen molar-refractivity contribution in [2.45, 2.75) is 13.5 Å². The van der Waals surface area contributed by atoms with Gasteiger partial charge in [-0.1, -0.05) is 13.5 Å². The quantitative estimate of drug-likeness (QED) is 0.455. The minimum atomic E-state index is -0.0878. The van der Waals surface area contributed by atoms with E-state index in [4.69, 9.17) is 4.98 Å². The topological polar surface area (TPSA) is 89.8 Å². The third-order valence-corrected chi connectivity index (χ3v) is 7.53. The fourth-order valence-corrected chi connectivity index (χ4v) is 5.12. The summed E-state index contributed by atoms with van der Waals surface area (Å²) in [4.78, 5) is 42.8. The molecule has 4 heterocycles. The SMILES string of the molecule is C=CC(=O)N1CCN(CCn2c(=O)ccc3cnc(Nc4ccc(N5CCN(CC)CC5)cc4)nc32)CC1. The Morgan fingerprint density at radius 2 is 1.66 bits per heavy atom.